The number of aliphatic hydroxyl groups excluding tert-OH is 2. The van der Waals surface area contributed by atoms with Crippen molar-refractivity contribution in [2.75, 3.05) is 6.61 Å². The molecule has 11 atom stereocenters. The minimum Gasteiger partial charge on any atom is -0.456 e. The van der Waals surface area contributed by atoms with Crippen molar-refractivity contribution < 1.29 is 63.0 Å². The average Bonchev–Trinajstić information content (AvgIpc) is 3.12. The Morgan fingerprint density at radius 3 is 2.09 bits per heavy atom. The summed E-state index contributed by atoms with van der Waals surface area (Å²) in [5, 5.41) is 36.5. The Balaban J connectivity index is 1.58. The summed E-state index contributed by atoms with van der Waals surface area (Å²) >= 11 is 0. The van der Waals surface area contributed by atoms with E-state index in [0.29, 0.717) is 5.56 Å². The highest BCUT2D eigenvalue weighted by Crippen LogP contribution is 2.64. The number of hydrogen-bond donors (Lipinski definition) is 4. The first-order valence-corrected chi connectivity index (χ1v) is 17.9. The molecular weight excluding hydrogens is 702 g/mol. The first-order valence-electron chi connectivity index (χ1n) is 17.9. The van der Waals surface area contributed by atoms with Crippen LogP contribution in [0.1, 0.15) is 76.3 Å². The van der Waals surface area contributed by atoms with Crippen LogP contribution in [0.15, 0.2) is 71.8 Å². The molecule has 2 aromatic carbocycles. The smallest absolute Gasteiger partial charge is 0.338 e. The van der Waals surface area contributed by atoms with Gasteiger partial charge in [-0.1, -0.05) is 62.4 Å². The van der Waals surface area contributed by atoms with Crippen LogP contribution in [0.5, 0.6) is 0 Å². The largest absolute Gasteiger partial charge is 0.456 e. The van der Waals surface area contributed by atoms with Crippen LogP contribution in [0.2, 0.25) is 0 Å². The van der Waals surface area contributed by atoms with Crippen molar-refractivity contribution in [3.8, 4) is 0 Å². The molecule has 1 aliphatic heterocycles. The van der Waals surface area contributed by atoms with Crippen molar-refractivity contribution in [2.24, 2.45) is 22.5 Å². The predicted molar refractivity (Wildman–Crippen MR) is 188 cm³/mol. The van der Waals surface area contributed by atoms with Gasteiger partial charge in [0, 0.05) is 32.1 Å². The molecule has 3 fully saturated rings. The Kier molecular flexibility index (Phi) is 10.2. The van der Waals surface area contributed by atoms with Crippen molar-refractivity contribution >= 4 is 29.7 Å². The number of Topliss-reactive ketones (excluding diaryl/α,β-unsaturated/α-hetero) is 1. The molecule has 2 aromatic rings. The summed E-state index contributed by atoms with van der Waals surface area (Å²) in [6, 6.07) is 15.1. The van der Waals surface area contributed by atoms with Gasteiger partial charge in [-0.05, 0) is 42.7 Å². The predicted octanol–water partition coefficient (Wildman–Crippen LogP) is 2.26. The number of ether oxygens (including phenoxy) is 5. The molecule has 5 N–H and O–H groups in total. The number of hydrogen-bond acceptors (Lipinski definition) is 14. The van der Waals surface area contributed by atoms with Gasteiger partial charge in [0.25, 0.3) is 0 Å². The van der Waals surface area contributed by atoms with E-state index in [1.54, 1.807) is 69.3 Å². The fourth-order valence-electron chi connectivity index (χ4n) is 9.23. The molecule has 0 aromatic heterocycles. The number of aliphatic hydroxyl groups is 3. The monoisotopic (exact) mass is 749 g/mol. The number of carbonyl (C=O) groups excluding carboxylic acids is 5. The highest BCUT2D eigenvalue weighted by Gasteiger charge is 2.78. The fourth-order valence-corrected chi connectivity index (χ4v) is 9.23. The highest BCUT2D eigenvalue weighted by atomic mass is 16.6. The van der Waals surface area contributed by atoms with E-state index >= 15 is 4.79 Å². The lowest BCUT2D eigenvalue weighted by molar-refractivity contribution is -0.346. The fraction of sp³-hybridized carbons (Fsp3) is 0.525. The van der Waals surface area contributed by atoms with Gasteiger partial charge >= 0.3 is 23.9 Å². The van der Waals surface area contributed by atoms with Gasteiger partial charge in [0.05, 0.1) is 35.6 Å². The molecule has 14 heteroatoms. The van der Waals surface area contributed by atoms with Gasteiger partial charge in [-0.2, -0.15) is 0 Å². The lowest BCUT2D eigenvalue weighted by atomic mass is 9.44. The molecule has 4 aliphatic rings. The van der Waals surface area contributed by atoms with Gasteiger partial charge in [-0.25, -0.2) is 9.59 Å². The summed E-state index contributed by atoms with van der Waals surface area (Å²) in [4.78, 5) is 68.7. The van der Waals surface area contributed by atoms with Crippen LogP contribution in [0.4, 0.5) is 0 Å². The van der Waals surface area contributed by atoms with Crippen molar-refractivity contribution in [1.29, 1.82) is 0 Å². The molecule has 0 spiro atoms. The van der Waals surface area contributed by atoms with Crippen molar-refractivity contribution in [3.63, 3.8) is 0 Å². The summed E-state index contributed by atoms with van der Waals surface area (Å²) < 4.78 is 29.9. The number of nitrogens with two attached hydrogens (primary N) is 1. The van der Waals surface area contributed by atoms with Crippen LogP contribution in [0.25, 0.3) is 0 Å². The summed E-state index contributed by atoms with van der Waals surface area (Å²) in [6.45, 7) is 8.08. The Morgan fingerprint density at radius 2 is 1.54 bits per heavy atom. The lowest BCUT2D eigenvalue weighted by Gasteiger charge is -2.67. The normalized spacial score (nSPS) is 35.0. The Hall–Kier alpha value is -4.47. The summed E-state index contributed by atoms with van der Waals surface area (Å²) in [6.07, 6.45) is -9.98. The molecule has 3 aliphatic carbocycles. The molecule has 0 radical (unpaired) electrons. The summed E-state index contributed by atoms with van der Waals surface area (Å²) in [7, 11) is 0. The SMILES string of the molecule is CC(=O)O[C@H]1C(=O)[C@@]2(C)C([C@H](OC(=O)c3ccccc3)[C@]3(O)C[C@H](OC(=O)[C@@H](O)C(N)c4ccccc4)C(C)=C1C3(C)C)[C@]1(OC(C)=O)CO[C@@H]1C[C@@H]2O. The molecule has 0 amide bonds. The van der Waals surface area contributed by atoms with Crippen LogP contribution in [-0.4, -0.2) is 99.4 Å². The Bertz CT molecular complexity index is 1860. The summed E-state index contributed by atoms with van der Waals surface area (Å²) in [5.41, 5.74) is -0.605. The van der Waals surface area contributed by atoms with Crippen molar-refractivity contribution in [1.82, 2.24) is 0 Å². The Morgan fingerprint density at radius 1 is 0.926 bits per heavy atom. The molecule has 290 valence electrons. The number of esters is 4. The minimum atomic E-state index is -2.32. The molecule has 2 bridgehead atoms. The van der Waals surface area contributed by atoms with Gasteiger partial charge in [-0.3, -0.25) is 14.4 Å². The second kappa shape index (κ2) is 14.0. The molecule has 54 heavy (non-hydrogen) atoms. The molecule has 2 unspecified atom stereocenters. The molecule has 14 nitrogen and oxygen atoms in total. The van der Waals surface area contributed by atoms with Crippen LogP contribution in [-0.2, 0) is 42.9 Å². The number of fused-ring (bicyclic) bond motifs is 5. The zero-order valence-electron chi connectivity index (χ0n) is 31.0. The number of ketones is 1. The maximum absolute atomic E-state index is 15.3. The molecule has 6 rings (SSSR count). The lowest BCUT2D eigenvalue weighted by Crippen LogP contribution is -2.82. The van der Waals surface area contributed by atoms with E-state index in [-0.39, 0.29) is 29.7 Å². The van der Waals surface area contributed by atoms with Crippen LogP contribution < -0.4 is 5.73 Å². The average molecular weight is 750 g/mol. The van der Waals surface area contributed by atoms with E-state index in [2.05, 4.69) is 0 Å². The van der Waals surface area contributed by atoms with E-state index in [0.717, 1.165) is 13.8 Å². The summed E-state index contributed by atoms with van der Waals surface area (Å²) in [5.74, 6) is -6.01. The van der Waals surface area contributed by atoms with E-state index in [1.165, 1.54) is 19.1 Å². The van der Waals surface area contributed by atoms with Gasteiger partial charge in [0.2, 0.25) is 0 Å². The number of rotatable bonds is 8. The van der Waals surface area contributed by atoms with E-state index in [4.69, 9.17) is 29.4 Å². The van der Waals surface area contributed by atoms with E-state index < -0.39 is 107 Å². The number of benzene rings is 2. The highest BCUT2D eigenvalue weighted by molar-refractivity contribution is 5.95. The van der Waals surface area contributed by atoms with Gasteiger partial charge in [0.15, 0.2) is 23.6 Å². The molecular formula is C40H47NO13. The standard InChI is InChI=1S/C40H47NO13/c1-20-25(52-36(48)30(45)29(41)23-13-9-7-10-14-23)18-40(49)34(53-35(47)24-15-11-8-12-16-24)32-38(6,26(44)17-27-39(32,19-50-27)54-22(3)43)33(46)31(51-21(2)42)28(20)37(40,4)5/h7-16,25-27,29-32,34,44-45,49H,17-19,41H2,1-6H3/t25-,26-,27+,29?,30-,31+,32?,34-,38+,39-,40+/m0/s1. The topological polar surface area (TPSA) is 218 Å². The second-order valence-corrected chi connectivity index (χ2v) is 15.6. The number of carbonyl (C=O) groups is 5. The maximum atomic E-state index is 15.3. The third kappa shape index (κ3) is 6.04. The Labute approximate surface area is 312 Å². The maximum Gasteiger partial charge on any atom is 0.338 e. The van der Waals surface area contributed by atoms with Crippen LogP contribution in [0, 0.1) is 16.7 Å². The third-order valence-corrected chi connectivity index (χ3v) is 12.2. The third-order valence-electron chi connectivity index (χ3n) is 12.2. The van der Waals surface area contributed by atoms with Crippen LogP contribution >= 0.6 is 0 Å². The first-order chi connectivity index (χ1) is 25.3. The zero-order valence-corrected chi connectivity index (χ0v) is 31.0. The van der Waals surface area contributed by atoms with E-state index in [1.807, 2.05) is 0 Å². The second-order valence-electron chi connectivity index (χ2n) is 15.6. The van der Waals surface area contributed by atoms with Gasteiger partial charge < -0.3 is 44.7 Å². The van der Waals surface area contributed by atoms with Crippen LogP contribution in [0.3, 0.4) is 0 Å². The molecule has 1 heterocycles. The van der Waals surface area contributed by atoms with Crippen molar-refractivity contribution in [3.05, 3.63) is 82.9 Å². The minimum absolute atomic E-state index is 0.0391. The van der Waals surface area contributed by atoms with E-state index in [9.17, 15) is 34.5 Å². The van der Waals surface area contributed by atoms with Gasteiger partial charge in [0.1, 0.15) is 23.9 Å². The van der Waals surface area contributed by atoms with Gasteiger partial charge in [-0.15, -0.1) is 0 Å². The molecule has 1 saturated heterocycles. The molecule has 2 saturated carbocycles. The first kappa shape index (κ1) is 39.2. The zero-order chi connectivity index (χ0) is 39.5. The van der Waals surface area contributed by atoms with Crippen molar-refractivity contribution in [2.45, 2.75) is 108 Å². The quantitative estimate of drug-likeness (QED) is 0.173.